The van der Waals surface area contributed by atoms with Crippen molar-refractivity contribution in [2.75, 3.05) is 0 Å². The molecule has 0 fully saturated rings. The molecule has 0 heterocycles. The molecule has 1 rings (SSSR count). The van der Waals surface area contributed by atoms with Crippen molar-refractivity contribution < 1.29 is 19.2 Å². The van der Waals surface area contributed by atoms with E-state index in [4.69, 9.17) is 10.6 Å². The van der Waals surface area contributed by atoms with E-state index >= 15 is 0 Å². The molecule has 0 spiro atoms. The summed E-state index contributed by atoms with van der Waals surface area (Å²) in [6.07, 6.45) is 0. The van der Waals surface area contributed by atoms with Gasteiger partial charge in [0.05, 0.1) is 11.1 Å². The Kier molecular flexibility index (Phi) is 4.08. The summed E-state index contributed by atoms with van der Waals surface area (Å²) in [5, 5.41) is 0. The molecular weight excluding hydrogens is 234 g/mol. The van der Waals surface area contributed by atoms with Gasteiger partial charge < -0.3 is 9.57 Å². The first kappa shape index (κ1) is 14.2. The minimum Gasteiger partial charge on any atom is -0.456 e. The number of hydrogen-bond donors (Lipinski definition) is 1. The zero-order chi connectivity index (χ0) is 13.9. The van der Waals surface area contributed by atoms with E-state index in [0.29, 0.717) is 16.7 Å². The Labute approximate surface area is 106 Å². The third kappa shape index (κ3) is 3.56. The van der Waals surface area contributed by atoms with E-state index in [1.165, 1.54) is 18.2 Å². The molecule has 0 saturated heterocycles. The molecule has 1 aromatic carbocycles. The van der Waals surface area contributed by atoms with Gasteiger partial charge in [0.1, 0.15) is 5.60 Å². The molecule has 0 saturated carbocycles. The lowest BCUT2D eigenvalue weighted by molar-refractivity contribution is 0.00682. The number of ether oxygens (including phenoxy) is 1. The Morgan fingerprint density at radius 1 is 1.17 bits per heavy atom. The molecular formula is C13H17NO4. The normalized spacial score (nSPS) is 10.9. The smallest absolute Gasteiger partial charge is 0.356 e. The van der Waals surface area contributed by atoms with Crippen molar-refractivity contribution in [1.82, 2.24) is 0 Å². The van der Waals surface area contributed by atoms with Crippen LogP contribution in [0.5, 0.6) is 0 Å². The van der Waals surface area contributed by atoms with Crippen LogP contribution in [0.15, 0.2) is 18.2 Å². The van der Waals surface area contributed by atoms with E-state index in [1.807, 2.05) is 0 Å². The van der Waals surface area contributed by atoms with E-state index in [1.54, 1.807) is 27.7 Å². The summed E-state index contributed by atoms with van der Waals surface area (Å²) in [6.45, 7) is 7.09. The maximum atomic E-state index is 11.9. The number of aryl methyl sites for hydroxylation is 1. The third-order valence-corrected chi connectivity index (χ3v) is 2.19. The standard InChI is InChI=1S/C13H17NO4/c1-8-7-9(11(15)18-14)5-6-10(8)12(16)17-13(2,3)4/h5-7H,14H2,1-4H3. The predicted molar refractivity (Wildman–Crippen MR) is 66.0 cm³/mol. The number of rotatable bonds is 2. The molecule has 0 unspecified atom stereocenters. The van der Waals surface area contributed by atoms with Crippen LogP contribution in [0.25, 0.3) is 0 Å². The fraction of sp³-hybridized carbons (Fsp3) is 0.385. The maximum Gasteiger partial charge on any atom is 0.356 e. The monoisotopic (exact) mass is 251 g/mol. The van der Waals surface area contributed by atoms with Crippen molar-refractivity contribution in [3.05, 3.63) is 34.9 Å². The summed E-state index contributed by atoms with van der Waals surface area (Å²) in [7, 11) is 0. The maximum absolute atomic E-state index is 11.9. The van der Waals surface area contributed by atoms with Crippen molar-refractivity contribution in [1.29, 1.82) is 0 Å². The quantitative estimate of drug-likeness (QED) is 0.642. The summed E-state index contributed by atoms with van der Waals surface area (Å²) in [4.78, 5) is 27.2. The summed E-state index contributed by atoms with van der Waals surface area (Å²) in [5.41, 5.74) is 0.784. The van der Waals surface area contributed by atoms with Crippen LogP contribution in [0.3, 0.4) is 0 Å². The molecule has 0 amide bonds. The third-order valence-electron chi connectivity index (χ3n) is 2.19. The second kappa shape index (κ2) is 5.18. The minimum absolute atomic E-state index is 0.294. The zero-order valence-electron chi connectivity index (χ0n) is 10.9. The van der Waals surface area contributed by atoms with Gasteiger partial charge in [0.25, 0.3) is 0 Å². The van der Waals surface area contributed by atoms with E-state index in [0.717, 1.165) is 0 Å². The average molecular weight is 251 g/mol. The molecule has 2 N–H and O–H groups in total. The largest absolute Gasteiger partial charge is 0.456 e. The fourth-order valence-electron chi connectivity index (χ4n) is 1.42. The molecule has 0 bridgehead atoms. The van der Waals surface area contributed by atoms with Gasteiger partial charge in [-0.15, -0.1) is 0 Å². The Morgan fingerprint density at radius 2 is 1.78 bits per heavy atom. The van der Waals surface area contributed by atoms with Crippen molar-refractivity contribution in [2.24, 2.45) is 5.90 Å². The minimum atomic E-state index is -0.645. The SMILES string of the molecule is Cc1cc(C(=O)ON)ccc1C(=O)OC(C)(C)C. The van der Waals surface area contributed by atoms with Gasteiger partial charge in [0.15, 0.2) is 0 Å². The highest BCUT2D eigenvalue weighted by Gasteiger charge is 2.20. The van der Waals surface area contributed by atoms with Crippen LogP contribution < -0.4 is 5.90 Å². The summed E-state index contributed by atoms with van der Waals surface area (Å²) >= 11 is 0. The average Bonchev–Trinajstić information content (AvgIpc) is 2.25. The lowest BCUT2D eigenvalue weighted by Gasteiger charge is -2.20. The van der Waals surface area contributed by atoms with Gasteiger partial charge in [-0.2, -0.15) is 5.90 Å². The molecule has 98 valence electrons. The van der Waals surface area contributed by atoms with Crippen molar-refractivity contribution in [3.63, 3.8) is 0 Å². The highest BCUT2D eigenvalue weighted by atomic mass is 16.7. The van der Waals surface area contributed by atoms with Gasteiger partial charge in [-0.1, -0.05) is 0 Å². The fourth-order valence-corrected chi connectivity index (χ4v) is 1.42. The van der Waals surface area contributed by atoms with Crippen LogP contribution in [0.4, 0.5) is 0 Å². The molecule has 0 radical (unpaired) electrons. The van der Waals surface area contributed by atoms with E-state index in [9.17, 15) is 9.59 Å². The molecule has 0 aliphatic rings. The van der Waals surface area contributed by atoms with Crippen molar-refractivity contribution in [2.45, 2.75) is 33.3 Å². The summed E-state index contributed by atoms with van der Waals surface area (Å²) < 4.78 is 5.25. The van der Waals surface area contributed by atoms with E-state index in [-0.39, 0.29) is 0 Å². The van der Waals surface area contributed by atoms with Crippen LogP contribution >= 0.6 is 0 Å². The Bertz CT molecular complexity index is 474. The Morgan fingerprint density at radius 3 is 2.22 bits per heavy atom. The molecule has 0 aliphatic heterocycles. The van der Waals surface area contributed by atoms with Crippen LogP contribution in [0, 0.1) is 6.92 Å². The molecule has 5 heteroatoms. The van der Waals surface area contributed by atoms with Gasteiger partial charge in [-0.05, 0) is 51.5 Å². The topological polar surface area (TPSA) is 78.6 Å². The van der Waals surface area contributed by atoms with Gasteiger partial charge in [0.2, 0.25) is 0 Å². The van der Waals surface area contributed by atoms with Crippen LogP contribution in [-0.4, -0.2) is 17.5 Å². The summed E-state index contributed by atoms with van der Waals surface area (Å²) in [6, 6.07) is 4.53. The number of carbonyl (C=O) groups excluding carboxylic acids is 2. The van der Waals surface area contributed by atoms with E-state index in [2.05, 4.69) is 4.84 Å². The molecule has 1 aromatic rings. The molecule has 0 aromatic heterocycles. The summed E-state index contributed by atoms with van der Waals surface area (Å²) in [5.74, 6) is 3.73. The van der Waals surface area contributed by atoms with Crippen molar-refractivity contribution in [3.8, 4) is 0 Å². The van der Waals surface area contributed by atoms with Gasteiger partial charge >= 0.3 is 11.9 Å². The highest BCUT2D eigenvalue weighted by molar-refractivity contribution is 5.94. The predicted octanol–water partition coefficient (Wildman–Crippen LogP) is 1.98. The van der Waals surface area contributed by atoms with Crippen molar-refractivity contribution >= 4 is 11.9 Å². The van der Waals surface area contributed by atoms with E-state index < -0.39 is 17.5 Å². The number of carbonyl (C=O) groups is 2. The zero-order valence-corrected chi connectivity index (χ0v) is 10.9. The molecule has 0 atom stereocenters. The lowest BCUT2D eigenvalue weighted by atomic mass is 10.0. The van der Waals surface area contributed by atoms with Gasteiger partial charge in [-0.25, -0.2) is 9.59 Å². The molecule has 0 aliphatic carbocycles. The first-order valence-corrected chi connectivity index (χ1v) is 5.49. The Balaban J connectivity index is 2.99. The highest BCUT2D eigenvalue weighted by Crippen LogP contribution is 2.16. The second-order valence-corrected chi connectivity index (χ2v) is 4.94. The molecule has 18 heavy (non-hydrogen) atoms. The van der Waals surface area contributed by atoms with Crippen LogP contribution in [0.2, 0.25) is 0 Å². The number of esters is 1. The molecule has 5 nitrogen and oxygen atoms in total. The van der Waals surface area contributed by atoms with Gasteiger partial charge in [0, 0.05) is 0 Å². The Hall–Kier alpha value is -1.88. The first-order valence-electron chi connectivity index (χ1n) is 5.49. The van der Waals surface area contributed by atoms with Gasteiger partial charge in [-0.3, -0.25) is 0 Å². The number of nitrogens with two attached hydrogens (primary N) is 1. The first-order chi connectivity index (χ1) is 8.24. The lowest BCUT2D eigenvalue weighted by Crippen LogP contribution is -2.24. The number of benzene rings is 1. The van der Waals surface area contributed by atoms with Crippen LogP contribution in [0.1, 0.15) is 47.1 Å². The number of hydrogen-bond acceptors (Lipinski definition) is 5. The van der Waals surface area contributed by atoms with Crippen LogP contribution in [-0.2, 0) is 9.57 Å². The second-order valence-electron chi connectivity index (χ2n) is 4.94.